The van der Waals surface area contributed by atoms with Crippen LogP contribution in [0.2, 0.25) is 0 Å². The molecule has 0 unspecified atom stereocenters. The SMILES string of the molecule is c1ccc2cc3c(cc2c1)-c1cc(-c2c4ccccc4c(-c4ccc(-c5cccc6oc7ccccc7c56)cc4)c4ccccc24)ccc1C31C2CC3CC(C2)CC1C3. The van der Waals surface area contributed by atoms with Gasteiger partial charge in [-0.3, -0.25) is 0 Å². The van der Waals surface area contributed by atoms with E-state index in [1.165, 1.54) is 114 Å². The Morgan fingerprint density at radius 2 is 0.898 bits per heavy atom. The molecule has 15 rings (SSSR count). The molecule has 4 bridgehead atoms. The molecule has 0 N–H and O–H groups in total. The molecule has 1 spiro atoms. The van der Waals surface area contributed by atoms with Crippen molar-refractivity contribution in [1.82, 2.24) is 0 Å². The number of para-hydroxylation sites is 1. The Kier molecular flexibility index (Phi) is 6.52. The Balaban J connectivity index is 0.960. The third kappa shape index (κ3) is 4.35. The van der Waals surface area contributed by atoms with E-state index >= 15 is 0 Å². The molecule has 280 valence electrons. The highest BCUT2D eigenvalue weighted by atomic mass is 16.3. The Hall–Kier alpha value is -6.44. The van der Waals surface area contributed by atoms with Crippen molar-refractivity contribution in [2.75, 3.05) is 0 Å². The van der Waals surface area contributed by atoms with Crippen molar-refractivity contribution < 1.29 is 4.42 Å². The summed E-state index contributed by atoms with van der Waals surface area (Å²) < 4.78 is 6.26. The average molecular weight is 755 g/mol. The van der Waals surface area contributed by atoms with Crippen molar-refractivity contribution in [3.8, 4) is 44.5 Å². The van der Waals surface area contributed by atoms with Crippen molar-refractivity contribution in [2.45, 2.75) is 37.5 Å². The van der Waals surface area contributed by atoms with Crippen LogP contribution in [0.5, 0.6) is 0 Å². The lowest BCUT2D eigenvalue weighted by molar-refractivity contribution is -0.0398. The van der Waals surface area contributed by atoms with Gasteiger partial charge in [0.25, 0.3) is 0 Å². The van der Waals surface area contributed by atoms with Crippen LogP contribution in [-0.2, 0) is 5.41 Å². The molecule has 4 saturated carbocycles. The highest BCUT2D eigenvalue weighted by Crippen LogP contribution is 2.70. The van der Waals surface area contributed by atoms with E-state index in [2.05, 4.69) is 164 Å². The number of fused-ring (bicyclic) bond motifs is 9. The summed E-state index contributed by atoms with van der Waals surface area (Å²) in [4.78, 5) is 0. The minimum absolute atomic E-state index is 0.136. The van der Waals surface area contributed by atoms with Gasteiger partial charge in [-0.1, -0.05) is 140 Å². The number of hydrogen-bond acceptors (Lipinski definition) is 1. The molecule has 0 atom stereocenters. The fourth-order valence-corrected chi connectivity index (χ4v) is 13.6. The van der Waals surface area contributed by atoms with E-state index in [1.54, 1.807) is 11.1 Å². The predicted molar refractivity (Wildman–Crippen MR) is 246 cm³/mol. The van der Waals surface area contributed by atoms with Crippen molar-refractivity contribution in [1.29, 1.82) is 0 Å². The van der Waals surface area contributed by atoms with Crippen LogP contribution in [0, 0.1) is 23.7 Å². The lowest BCUT2D eigenvalue weighted by Crippen LogP contribution is -2.55. The first kappa shape index (κ1) is 32.5. The molecule has 4 fully saturated rings. The second-order valence-corrected chi connectivity index (χ2v) is 18.4. The zero-order valence-electron chi connectivity index (χ0n) is 32.9. The van der Waals surface area contributed by atoms with Gasteiger partial charge in [0.05, 0.1) is 0 Å². The Bertz CT molecular complexity index is 3310. The van der Waals surface area contributed by atoms with Crippen LogP contribution in [0.4, 0.5) is 0 Å². The molecule has 1 heterocycles. The maximum atomic E-state index is 6.26. The highest BCUT2D eigenvalue weighted by molar-refractivity contribution is 6.22. The van der Waals surface area contributed by atoms with Gasteiger partial charge < -0.3 is 4.42 Å². The first-order valence-corrected chi connectivity index (χ1v) is 21.8. The zero-order chi connectivity index (χ0) is 38.4. The molecule has 0 radical (unpaired) electrons. The van der Waals surface area contributed by atoms with E-state index in [4.69, 9.17) is 4.42 Å². The molecule has 0 aliphatic heterocycles. The molecule has 0 amide bonds. The van der Waals surface area contributed by atoms with Crippen molar-refractivity contribution in [3.63, 3.8) is 0 Å². The van der Waals surface area contributed by atoms with Gasteiger partial charge in [-0.05, 0) is 174 Å². The largest absolute Gasteiger partial charge is 0.456 e. The van der Waals surface area contributed by atoms with Crippen LogP contribution in [-0.4, -0.2) is 0 Å². The van der Waals surface area contributed by atoms with E-state index < -0.39 is 0 Å². The first-order valence-electron chi connectivity index (χ1n) is 21.8. The molecule has 1 aromatic heterocycles. The summed E-state index contributed by atoms with van der Waals surface area (Å²) in [7, 11) is 0. The second-order valence-electron chi connectivity index (χ2n) is 18.4. The molecule has 10 aromatic rings. The molecule has 9 aromatic carbocycles. The Labute approximate surface area is 343 Å². The van der Waals surface area contributed by atoms with Crippen molar-refractivity contribution in [2.24, 2.45) is 23.7 Å². The van der Waals surface area contributed by atoms with Crippen molar-refractivity contribution >= 4 is 54.3 Å². The number of hydrogen-bond donors (Lipinski definition) is 0. The average Bonchev–Trinajstić information content (AvgIpc) is 3.80. The number of benzene rings is 9. The second kappa shape index (κ2) is 11.8. The molecule has 59 heavy (non-hydrogen) atoms. The maximum Gasteiger partial charge on any atom is 0.136 e. The van der Waals surface area contributed by atoms with Gasteiger partial charge in [0.15, 0.2) is 0 Å². The summed E-state index contributed by atoms with van der Waals surface area (Å²) in [6.07, 6.45) is 7.06. The lowest BCUT2D eigenvalue weighted by atomic mass is 9.43. The van der Waals surface area contributed by atoms with Gasteiger partial charge in [0, 0.05) is 16.2 Å². The standard InChI is InChI=1S/C58H42O/c1-2-11-39-33-52-50(31-38(39)10-1)49-32-40(24-25-51(49)58(52)41-27-34-26-35(29-41)30-42(58)28-34)56-46-14-5-3-12-44(46)55(45-13-4-6-15-47(45)56)37-22-20-36(21-23-37)43-17-9-19-54-57(43)48-16-7-8-18-53(48)59-54/h1-25,31-35,41-42H,26-30H2. The molecule has 0 saturated heterocycles. The zero-order valence-corrected chi connectivity index (χ0v) is 32.9. The summed E-state index contributed by atoms with van der Waals surface area (Å²) in [5.74, 6) is 3.33. The Morgan fingerprint density at radius 3 is 1.58 bits per heavy atom. The van der Waals surface area contributed by atoms with Crippen LogP contribution in [0.1, 0.15) is 43.2 Å². The van der Waals surface area contributed by atoms with E-state index in [9.17, 15) is 0 Å². The predicted octanol–water partition coefficient (Wildman–Crippen LogP) is 15.8. The Morgan fingerprint density at radius 1 is 0.373 bits per heavy atom. The number of rotatable bonds is 3. The van der Waals surface area contributed by atoms with Crippen LogP contribution < -0.4 is 0 Å². The third-order valence-electron chi connectivity index (χ3n) is 15.6. The molecule has 1 heteroatoms. The van der Waals surface area contributed by atoms with Gasteiger partial charge in [0.2, 0.25) is 0 Å². The van der Waals surface area contributed by atoms with Gasteiger partial charge in [0.1, 0.15) is 11.2 Å². The maximum absolute atomic E-state index is 6.26. The van der Waals surface area contributed by atoms with E-state index in [0.29, 0.717) is 0 Å². The van der Waals surface area contributed by atoms with Crippen LogP contribution in [0.25, 0.3) is 98.8 Å². The van der Waals surface area contributed by atoms with Gasteiger partial charge in [-0.25, -0.2) is 0 Å². The molecule has 5 aliphatic rings. The van der Waals surface area contributed by atoms with E-state index in [1.807, 2.05) is 6.07 Å². The lowest BCUT2D eigenvalue weighted by Gasteiger charge is -2.61. The summed E-state index contributed by atoms with van der Waals surface area (Å²) >= 11 is 0. The third-order valence-corrected chi connectivity index (χ3v) is 15.6. The van der Waals surface area contributed by atoms with E-state index in [0.717, 1.165) is 40.2 Å². The van der Waals surface area contributed by atoms with Gasteiger partial charge >= 0.3 is 0 Å². The fraction of sp³-hybridized carbons (Fsp3) is 0.172. The summed E-state index contributed by atoms with van der Waals surface area (Å²) in [5.41, 5.74) is 15.8. The molecule has 5 aliphatic carbocycles. The van der Waals surface area contributed by atoms with Crippen molar-refractivity contribution in [3.05, 3.63) is 181 Å². The summed E-state index contributed by atoms with van der Waals surface area (Å²) in [6, 6.07) is 64.2. The first-order chi connectivity index (χ1) is 29.2. The van der Waals surface area contributed by atoms with E-state index in [-0.39, 0.29) is 5.41 Å². The van der Waals surface area contributed by atoms with Crippen LogP contribution in [0.3, 0.4) is 0 Å². The molecular weight excluding hydrogens is 713 g/mol. The molecule has 1 nitrogen and oxygen atoms in total. The monoisotopic (exact) mass is 754 g/mol. The molecular formula is C58H42O. The quantitative estimate of drug-likeness (QED) is 0.164. The highest BCUT2D eigenvalue weighted by Gasteiger charge is 2.61. The minimum Gasteiger partial charge on any atom is -0.456 e. The number of furan rings is 1. The topological polar surface area (TPSA) is 13.1 Å². The normalized spacial score (nSPS) is 22.6. The minimum atomic E-state index is 0.136. The summed E-state index contributed by atoms with van der Waals surface area (Å²) in [5, 5.41) is 10.3. The smallest absolute Gasteiger partial charge is 0.136 e. The summed E-state index contributed by atoms with van der Waals surface area (Å²) in [6.45, 7) is 0. The van der Waals surface area contributed by atoms with Gasteiger partial charge in [-0.2, -0.15) is 0 Å². The fourth-order valence-electron chi connectivity index (χ4n) is 13.6. The van der Waals surface area contributed by atoms with Gasteiger partial charge in [-0.15, -0.1) is 0 Å². The van der Waals surface area contributed by atoms with Crippen LogP contribution >= 0.6 is 0 Å². The van der Waals surface area contributed by atoms with Crippen LogP contribution in [0.15, 0.2) is 174 Å².